The maximum atomic E-state index is 9.62. The molecule has 1 aliphatic carbocycles. The first-order valence-corrected chi connectivity index (χ1v) is 17.2. The molecule has 1 heterocycles. The van der Waals surface area contributed by atoms with Gasteiger partial charge in [-0.3, -0.25) is 0 Å². The van der Waals surface area contributed by atoms with Crippen molar-refractivity contribution in [1.82, 2.24) is 0 Å². The standard InChI is InChI=1S/C48H30N2O/c49-31-32-18-23-36(24-19-32)50(37-25-20-34(21-26-37)33-10-2-1-3-11-33)38-27-28-41-40-14-6-7-15-42(40)48(45(41)30-38)43-16-8-9-17-46(43)51-47-39-13-5-4-12-35(39)22-29-44(47)48/h1-30H. The van der Waals surface area contributed by atoms with Gasteiger partial charge >= 0.3 is 0 Å². The molecule has 8 aromatic rings. The molecular weight excluding hydrogens is 621 g/mol. The van der Waals surface area contributed by atoms with E-state index in [0.717, 1.165) is 56.0 Å². The zero-order valence-corrected chi connectivity index (χ0v) is 27.6. The minimum absolute atomic E-state index is 0.607. The number of hydrogen-bond acceptors (Lipinski definition) is 3. The van der Waals surface area contributed by atoms with E-state index >= 15 is 0 Å². The summed E-state index contributed by atoms with van der Waals surface area (Å²) >= 11 is 0. The second kappa shape index (κ2) is 11.3. The Bertz CT molecular complexity index is 2670. The lowest BCUT2D eigenvalue weighted by molar-refractivity contribution is 0.441. The smallest absolute Gasteiger partial charge is 0.140 e. The Hall–Kier alpha value is -6.89. The van der Waals surface area contributed by atoms with Crippen molar-refractivity contribution in [2.75, 3.05) is 4.90 Å². The van der Waals surface area contributed by atoms with E-state index in [9.17, 15) is 5.26 Å². The Labute approximate surface area is 296 Å². The third-order valence-corrected chi connectivity index (χ3v) is 10.6. The van der Waals surface area contributed by atoms with Crippen LogP contribution in [0.25, 0.3) is 33.0 Å². The molecule has 0 saturated carbocycles. The molecule has 3 heteroatoms. The van der Waals surface area contributed by atoms with E-state index in [-0.39, 0.29) is 0 Å². The molecule has 0 amide bonds. The Morgan fingerprint density at radius 3 is 1.90 bits per heavy atom. The summed E-state index contributed by atoms with van der Waals surface area (Å²) in [6, 6.07) is 66.5. The molecule has 1 spiro atoms. The fourth-order valence-corrected chi connectivity index (χ4v) is 8.32. The number of nitriles is 1. The highest BCUT2D eigenvalue weighted by Crippen LogP contribution is 2.63. The van der Waals surface area contributed by atoms with Crippen molar-refractivity contribution in [3.8, 4) is 39.8 Å². The Kier molecular flexibility index (Phi) is 6.46. The zero-order chi connectivity index (χ0) is 33.9. The molecule has 0 radical (unpaired) electrons. The van der Waals surface area contributed by atoms with Crippen LogP contribution in [0.5, 0.6) is 11.5 Å². The fraction of sp³-hybridized carbons (Fsp3) is 0.0208. The second-order valence-corrected chi connectivity index (χ2v) is 13.2. The lowest BCUT2D eigenvalue weighted by Gasteiger charge is -2.40. The summed E-state index contributed by atoms with van der Waals surface area (Å²) in [5.41, 5.74) is 12.6. The summed E-state index contributed by atoms with van der Waals surface area (Å²) in [6.07, 6.45) is 0. The molecular formula is C48H30N2O. The lowest BCUT2D eigenvalue weighted by Crippen LogP contribution is -2.32. The van der Waals surface area contributed by atoms with Crippen LogP contribution in [0, 0.1) is 11.3 Å². The summed E-state index contributed by atoms with van der Waals surface area (Å²) in [4.78, 5) is 2.29. The van der Waals surface area contributed by atoms with E-state index in [0.29, 0.717) is 5.56 Å². The van der Waals surface area contributed by atoms with Crippen LogP contribution in [-0.2, 0) is 5.41 Å². The lowest BCUT2D eigenvalue weighted by atomic mass is 9.65. The van der Waals surface area contributed by atoms with Crippen molar-refractivity contribution < 1.29 is 4.74 Å². The molecule has 51 heavy (non-hydrogen) atoms. The van der Waals surface area contributed by atoms with Gasteiger partial charge in [-0.2, -0.15) is 5.26 Å². The fourth-order valence-electron chi connectivity index (χ4n) is 8.32. The molecule has 0 bridgehead atoms. The predicted molar refractivity (Wildman–Crippen MR) is 206 cm³/mol. The van der Waals surface area contributed by atoms with Gasteiger partial charge in [-0.25, -0.2) is 0 Å². The van der Waals surface area contributed by atoms with Gasteiger partial charge in [0.2, 0.25) is 0 Å². The number of benzene rings is 8. The van der Waals surface area contributed by atoms with E-state index in [2.05, 4.69) is 163 Å². The van der Waals surface area contributed by atoms with Gasteiger partial charge in [-0.05, 0) is 93.4 Å². The van der Waals surface area contributed by atoms with Crippen LogP contribution in [0.3, 0.4) is 0 Å². The predicted octanol–water partition coefficient (Wildman–Crippen LogP) is 12.3. The van der Waals surface area contributed by atoms with E-state index < -0.39 is 5.41 Å². The highest BCUT2D eigenvalue weighted by atomic mass is 16.5. The molecule has 1 unspecified atom stereocenters. The van der Waals surface area contributed by atoms with Gasteiger partial charge in [-0.1, -0.05) is 127 Å². The minimum Gasteiger partial charge on any atom is -0.456 e. The van der Waals surface area contributed by atoms with E-state index in [1.54, 1.807) is 0 Å². The van der Waals surface area contributed by atoms with Gasteiger partial charge in [0, 0.05) is 33.6 Å². The summed E-state index contributed by atoms with van der Waals surface area (Å²) in [5, 5.41) is 11.9. The van der Waals surface area contributed by atoms with Crippen LogP contribution in [0.1, 0.15) is 27.8 Å². The molecule has 1 atom stereocenters. The number of nitrogens with zero attached hydrogens (tertiary/aromatic N) is 2. The van der Waals surface area contributed by atoms with Crippen molar-refractivity contribution in [2.45, 2.75) is 5.41 Å². The van der Waals surface area contributed by atoms with Crippen LogP contribution in [0.15, 0.2) is 182 Å². The molecule has 3 nitrogen and oxygen atoms in total. The third-order valence-electron chi connectivity index (χ3n) is 10.6. The monoisotopic (exact) mass is 650 g/mol. The Morgan fingerprint density at radius 2 is 1.10 bits per heavy atom. The van der Waals surface area contributed by atoms with E-state index in [4.69, 9.17) is 4.74 Å². The number of ether oxygens (including phenoxy) is 1. The quantitative estimate of drug-likeness (QED) is 0.190. The SMILES string of the molecule is N#Cc1ccc(N(c2ccc(-c3ccccc3)cc2)c2ccc3c(c2)C2(c4ccccc4Oc4c2ccc2ccccc42)c2ccccc2-3)cc1. The van der Waals surface area contributed by atoms with Gasteiger partial charge in [0.15, 0.2) is 0 Å². The molecule has 0 aromatic heterocycles. The van der Waals surface area contributed by atoms with E-state index in [1.165, 1.54) is 27.8 Å². The molecule has 0 fully saturated rings. The molecule has 2 aliphatic rings. The van der Waals surface area contributed by atoms with E-state index in [1.807, 2.05) is 30.3 Å². The number of fused-ring (bicyclic) bond motifs is 11. The summed E-state index contributed by atoms with van der Waals surface area (Å²) < 4.78 is 6.86. The first kappa shape index (κ1) is 29.1. The van der Waals surface area contributed by atoms with Crippen LogP contribution in [-0.4, -0.2) is 0 Å². The van der Waals surface area contributed by atoms with Crippen LogP contribution >= 0.6 is 0 Å². The summed E-state index contributed by atoms with van der Waals surface area (Å²) in [7, 11) is 0. The largest absolute Gasteiger partial charge is 0.456 e. The third kappa shape index (κ3) is 4.30. The average Bonchev–Trinajstić information content (AvgIpc) is 3.49. The number of rotatable bonds is 4. The Balaban J connectivity index is 1.24. The van der Waals surface area contributed by atoms with Crippen molar-refractivity contribution >= 4 is 27.8 Å². The summed E-state index contributed by atoms with van der Waals surface area (Å²) in [6.45, 7) is 0. The highest BCUT2D eigenvalue weighted by molar-refractivity contribution is 5.96. The molecule has 8 aromatic carbocycles. The van der Waals surface area contributed by atoms with Gasteiger partial charge < -0.3 is 9.64 Å². The van der Waals surface area contributed by atoms with Gasteiger partial charge in [-0.15, -0.1) is 0 Å². The van der Waals surface area contributed by atoms with Crippen LogP contribution in [0.4, 0.5) is 17.1 Å². The minimum atomic E-state index is -0.607. The topological polar surface area (TPSA) is 36.3 Å². The van der Waals surface area contributed by atoms with Crippen LogP contribution in [0.2, 0.25) is 0 Å². The molecule has 0 N–H and O–H groups in total. The molecule has 10 rings (SSSR count). The number of anilines is 3. The van der Waals surface area contributed by atoms with Crippen molar-refractivity contribution in [2.24, 2.45) is 0 Å². The molecule has 238 valence electrons. The Morgan fingerprint density at radius 1 is 0.471 bits per heavy atom. The number of para-hydroxylation sites is 1. The first-order valence-electron chi connectivity index (χ1n) is 17.2. The van der Waals surface area contributed by atoms with Crippen molar-refractivity contribution in [3.63, 3.8) is 0 Å². The van der Waals surface area contributed by atoms with Gasteiger partial charge in [0.05, 0.1) is 17.0 Å². The van der Waals surface area contributed by atoms with Crippen molar-refractivity contribution in [3.05, 3.63) is 210 Å². The molecule has 1 aliphatic heterocycles. The van der Waals surface area contributed by atoms with Crippen LogP contribution < -0.4 is 9.64 Å². The molecule has 0 saturated heterocycles. The number of hydrogen-bond donors (Lipinski definition) is 0. The zero-order valence-electron chi connectivity index (χ0n) is 27.6. The average molecular weight is 651 g/mol. The normalized spacial score (nSPS) is 14.9. The van der Waals surface area contributed by atoms with Gasteiger partial charge in [0.25, 0.3) is 0 Å². The van der Waals surface area contributed by atoms with Crippen molar-refractivity contribution in [1.29, 1.82) is 5.26 Å². The van der Waals surface area contributed by atoms with Gasteiger partial charge in [0.1, 0.15) is 11.5 Å². The first-order chi connectivity index (χ1) is 25.2. The highest BCUT2D eigenvalue weighted by Gasteiger charge is 2.51. The maximum Gasteiger partial charge on any atom is 0.140 e. The maximum absolute atomic E-state index is 9.62. The summed E-state index contributed by atoms with van der Waals surface area (Å²) in [5.74, 6) is 1.77. The second-order valence-electron chi connectivity index (χ2n) is 13.2.